The van der Waals surface area contributed by atoms with E-state index in [4.69, 9.17) is 4.74 Å². The van der Waals surface area contributed by atoms with Crippen molar-refractivity contribution in [1.82, 2.24) is 4.90 Å². The maximum absolute atomic E-state index is 12.0. The van der Waals surface area contributed by atoms with Crippen LogP contribution < -0.4 is 0 Å². The standard InChI is InChI=1S/C16H21NO4/c1-16(2,3)14(19)7-8-17-11-5-6-13(18)12(17)9-10(11)15(20)21-4/h5-8,10-12H,9H2,1-4H3/b8-7+. The number of methoxy groups -OCH3 is 1. The zero-order chi connectivity index (χ0) is 15.8. The van der Waals surface area contributed by atoms with Gasteiger partial charge >= 0.3 is 5.97 Å². The van der Waals surface area contributed by atoms with Gasteiger partial charge in [0.2, 0.25) is 0 Å². The number of ether oxygens (including phenoxy) is 1. The quantitative estimate of drug-likeness (QED) is 0.582. The molecule has 2 aliphatic rings. The lowest BCUT2D eigenvalue weighted by Gasteiger charge is -2.30. The van der Waals surface area contributed by atoms with Crippen LogP contribution in [-0.2, 0) is 19.1 Å². The molecule has 0 N–H and O–H groups in total. The van der Waals surface area contributed by atoms with Gasteiger partial charge in [-0.2, -0.15) is 0 Å². The van der Waals surface area contributed by atoms with Gasteiger partial charge in [-0.1, -0.05) is 26.8 Å². The molecule has 2 aliphatic heterocycles. The highest BCUT2D eigenvalue weighted by Crippen LogP contribution is 2.35. The number of nitrogens with zero attached hydrogens (tertiary/aromatic N) is 1. The third kappa shape index (κ3) is 2.91. The molecule has 2 bridgehead atoms. The summed E-state index contributed by atoms with van der Waals surface area (Å²) < 4.78 is 4.80. The van der Waals surface area contributed by atoms with Gasteiger partial charge in [-0.05, 0) is 18.6 Å². The minimum absolute atomic E-state index is 0.0153. The number of ketones is 2. The Labute approximate surface area is 124 Å². The molecule has 0 radical (unpaired) electrons. The first kappa shape index (κ1) is 15.5. The van der Waals surface area contributed by atoms with Gasteiger partial charge in [0.15, 0.2) is 11.6 Å². The minimum Gasteiger partial charge on any atom is -0.469 e. The number of fused-ring (bicyclic) bond motifs is 2. The van der Waals surface area contributed by atoms with E-state index < -0.39 is 5.41 Å². The van der Waals surface area contributed by atoms with Crippen molar-refractivity contribution in [3.05, 3.63) is 24.4 Å². The summed E-state index contributed by atoms with van der Waals surface area (Å²) in [6.07, 6.45) is 6.81. The van der Waals surface area contributed by atoms with Gasteiger partial charge in [0, 0.05) is 11.6 Å². The molecule has 0 aromatic rings. The zero-order valence-electron chi connectivity index (χ0n) is 12.8. The van der Waals surface area contributed by atoms with Crippen LogP contribution in [-0.4, -0.2) is 41.6 Å². The summed E-state index contributed by atoms with van der Waals surface area (Å²) in [7, 11) is 1.35. The molecule has 0 aromatic carbocycles. The predicted octanol–water partition coefficient (Wildman–Crippen LogP) is 1.49. The number of rotatable bonds is 3. The van der Waals surface area contributed by atoms with E-state index in [-0.39, 0.29) is 35.5 Å². The Hall–Kier alpha value is -1.91. The molecule has 0 aromatic heterocycles. The van der Waals surface area contributed by atoms with Crippen molar-refractivity contribution in [3.8, 4) is 0 Å². The monoisotopic (exact) mass is 291 g/mol. The average Bonchev–Trinajstić information content (AvgIpc) is 2.69. The molecule has 114 valence electrons. The van der Waals surface area contributed by atoms with Gasteiger partial charge < -0.3 is 9.64 Å². The first-order chi connectivity index (χ1) is 9.75. The second-order valence-electron chi connectivity index (χ2n) is 6.51. The van der Waals surface area contributed by atoms with E-state index in [1.807, 2.05) is 20.8 Å². The van der Waals surface area contributed by atoms with E-state index in [0.29, 0.717) is 6.42 Å². The lowest BCUT2D eigenvalue weighted by atomic mass is 9.91. The van der Waals surface area contributed by atoms with Crippen molar-refractivity contribution in [2.75, 3.05) is 7.11 Å². The number of carbonyl (C=O) groups is 3. The second-order valence-corrected chi connectivity index (χ2v) is 6.51. The number of hydrogen-bond donors (Lipinski definition) is 0. The molecule has 2 heterocycles. The molecule has 1 saturated heterocycles. The zero-order valence-corrected chi connectivity index (χ0v) is 12.8. The molecule has 0 aliphatic carbocycles. The fourth-order valence-electron chi connectivity index (χ4n) is 2.71. The largest absolute Gasteiger partial charge is 0.469 e. The highest BCUT2D eigenvalue weighted by molar-refractivity contribution is 5.98. The number of carbonyl (C=O) groups excluding carboxylic acids is 3. The second kappa shape index (κ2) is 5.47. The molecule has 5 nitrogen and oxygen atoms in total. The van der Waals surface area contributed by atoms with Crippen LogP contribution in [0.4, 0.5) is 0 Å². The molecule has 2 rings (SSSR count). The third-order valence-electron chi connectivity index (χ3n) is 4.02. The normalized spacial score (nSPS) is 28.3. The Morgan fingerprint density at radius 2 is 2.05 bits per heavy atom. The van der Waals surface area contributed by atoms with Crippen LogP contribution in [0.3, 0.4) is 0 Å². The Bertz CT molecular complexity index is 527. The van der Waals surface area contributed by atoms with Crippen molar-refractivity contribution in [1.29, 1.82) is 0 Å². The molecular weight excluding hydrogens is 270 g/mol. The van der Waals surface area contributed by atoms with Crippen LogP contribution in [0.5, 0.6) is 0 Å². The molecule has 0 spiro atoms. The predicted molar refractivity (Wildman–Crippen MR) is 77.3 cm³/mol. The van der Waals surface area contributed by atoms with Crippen molar-refractivity contribution in [2.24, 2.45) is 11.3 Å². The van der Waals surface area contributed by atoms with Crippen LogP contribution in [0.2, 0.25) is 0 Å². The lowest BCUT2D eigenvalue weighted by molar-refractivity contribution is -0.145. The molecular formula is C16H21NO4. The van der Waals surface area contributed by atoms with Gasteiger partial charge in [0.05, 0.1) is 25.1 Å². The van der Waals surface area contributed by atoms with Crippen LogP contribution in [0.15, 0.2) is 24.4 Å². The summed E-state index contributed by atoms with van der Waals surface area (Å²) in [5.74, 6) is -0.733. The van der Waals surface area contributed by atoms with Crippen molar-refractivity contribution < 1.29 is 19.1 Å². The minimum atomic E-state index is -0.465. The van der Waals surface area contributed by atoms with Crippen molar-refractivity contribution in [2.45, 2.75) is 39.3 Å². The van der Waals surface area contributed by atoms with Crippen LogP contribution >= 0.6 is 0 Å². The van der Waals surface area contributed by atoms with E-state index in [1.165, 1.54) is 19.3 Å². The van der Waals surface area contributed by atoms with Gasteiger partial charge in [-0.25, -0.2) is 0 Å². The Morgan fingerprint density at radius 1 is 1.38 bits per heavy atom. The van der Waals surface area contributed by atoms with Crippen molar-refractivity contribution >= 4 is 17.5 Å². The molecule has 0 amide bonds. The van der Waals surface area contributed by atoms with Crippen molar-refractivity contribution in [3.63, 3.8) is 0 Å². The molecule has 3 unspecified atom stereocenters. The summed E-state index contributed by atoms with van der Waals surface area (Å²) in [6, 6.07) is -0.600. The fourth-order valence-corrected chi connectivity index (χ4v) is 2.71. The van der Waals surface area contributed by atoms with E-state index >= 15 is 0 Å². The number of hydrogen-bond acceptors (Lipinski definition) is 5. The van der Waals surface area contributed by atoms with Crippen LogP contribution in [0, 0.1) is 11.3 Å². The molecule has 1 fully saturated rings. The average molecular weight is 291 g/mol. The summed E-state index contributed by atoms with van der Waals surface area (Å²) in [6.45, 7) is 5.52. The summed E-state index contributed by atoms with van der Waals surface area (Å²) in [5, 5.41) is 0. The molecule has 0 saturated carbocycles. The maximum Gasteiger partial charge on any atom is 0.311 e. The fraction of sp³-hybridized carbons (Fsp3) is 0.562. The molecule has 21 heavy (non-hydrogen) atoms. The summed E-state index contributed by atoms with van der Waals surface area (Å²) in [5.41, 5.74) is -0.465. The van der Waals surface area contributed by atoms with Gasteiger partial charge in [-0.3, -0.25) is 14.4 Å². The maximum atomic E-state index is 12.0. The lowest BCUT2D eigenvalue weighted by Crippen LogP contribution is -2.40. The Kier molecular flexibility index (Phi) is 4.03. The summed E-state index contributed by atoms with van der Waals surface area (Å²) in [4.78, 5) is 37.6. The van der Waals surface area contributed by atoms with E-state index in [2.05, 4.69) is 0 Å². The Morgan fingerprint density at radius 3 is 2.62 bits per heavy atom. The molecule has 3 atom stereocenters. The van der Waals surface area contributed by atoms with Crippen LogP contribution in [0.1, 0.15) is 27.2 Å². The van der Waals surface area contributed by atoms with Crippen LogP contribution in [0.25, 0.3) is 0 Å². The summed E-state index contributed by atoms with van der Waals surface area (Å²) >= 11 is 0. The van der Waals surface area contributed by atoms with Gasteiger partial charge in [0.1, 0.15) is 0 Å². The number of allylic oxidation sites excluding steroid dienone is 1. The van der Waals surface area contributed by atoms with E-state index in [1.54, 1.807) is 17.2 Å². The highest BCUT2D eigenvalue weighted by Gasteiger charge is 2.47. The van der Waals surface area contributed by atoms with E-state index in [9.17, 15) is 14.4 Å². The Balaban J connectivity index is 2.22. The highest BCUT2D eigenvalue weighted by atomic mass is 16.5. The van der Waals surface area contributed by atoms with Gasteiger partial charge in [-0.15, -0.1) is 0 Å². The first-order valence-electron chi connectivity index (χ1n) is 7.05. The van der Waals surface area contributed by atoms with E-state index in [0.717, 1.165) is 0 Å². The third-order valence-corrected chi connectivity index (χ3v) is 4.02. The SMILES string of the molecule is COC(=O)C1CC2C(=O)C=CC1N2/C=C/C(=O)C(C)(C)C. The first-order valence-corrected chi connectivity index (χ1v) is 7.05. The topological polar surface area (TPSA) is 63.7 Å². The number of esters is 1. The molecule has 5 heteroatoms. The van der Waals surface area contributed by atoms with Gasteiger partial charge in [0.25, 0.3) is 0 Å². The smallest absolute Gasteiger partial charge is 0.311 e.